The molecule has 0 spiro atoms. The number of nitrogens with zero attached hydrogens (tertiary/aromatic N) is 1. The van der Waals surface area contributed by atoms with E-state index in [0.29, 0.717) is 34.9 Å². The number of carboxylic acids is 1. The standard InChI is InChI=1S/C26H26F3NO4/c1-3-4-8-24(34-20-13-14-23(17(2)15-20)33-16-25(31)32)22-7-5-6-21(30-22)18-9-11-19(12-10-18)26(27,28)29/h5-7,9-15,24H,3-4,8,16H2,1-2H3,(H,31,32)/t24-/m1/s1. The second kappa shape index (κ2) is 11.0. The van der Waals surface area contributed by atoms with Gasteiger partial charge in [-0.25, -0.2) is 9.78 Å². The Morgan fingerprint density at radius 2 is 1.82 bits per heavy atom. The molecule has 0 bridgehead atoms. The van der Waals surface area contributed by atoms with Crippen LogP contribution in [0.1, 0.15) is 49.1 Å². The molecule has 0 saturated carbocycles. The Morgan fingerprint density at radius 3 is 2.44 bits per heavy atom. The molecule has 0 saturated heterocycles. The summed E-state index contributed by atoms with van der Waals surface area (Å²) in [7, 11) is 0. The lowest BCUT2D eigenvalue weighted by Gasteiger charge is -2.20. The van der Waals surface area contributed by atoms with Gasteiger partial charge in [-0.05, 0) is 67.8 Å². The van der Waals surface area contributed by atoms with Crippen molar-refractivity contribution in [2.75, 3.05) is 6.61 Å². The third kappa shape index (κ3) is 6.73. The van der Waals surface area contributed by atoms with Crippen molar-refractivity contribution in [2.45, 2.75) is 45.4 Å². The zero-order valence-electron chi connectivity index (χ0n) is 18.9. The van der Waals surface area contributed by atoms with Crippen LogP contribution in [0.5, 0.6) is 11.5 Å². The number of hydrogen-bond acceptors (Lipinski definition) is 4. The molecule has 1 N–H and O–H groups in total. The van der Waals surface area contributed by atoms with Gasteiger partial charge >= 0.3 is 12.1 Å². The minimum atomic E-state index is -4.39. The minimum Gasteiger partial charge on any atom is -0.484 e. The van der Waals surface area contributed by atoms with Crippen molar-refractivity contribution in [3.8, 4) is 22.8 Å². The maximum atomic E-state index is 12.9. The number of ether oxygens (including phenoxy) is 2. The molecule has 0 unspecified atom stereocenters. The van der Waals surface area contributed by atoms with Crippen molar-refractivity contribution in [3.63, 3.8) is 0 Å². The van der Waals surface area contributed by atoms with Crippen molar-refractivity contribution in [2.24, 2.45) is 0 Å². The molecule has 1 heterocycles. The molecule has 0 aliphatic carbocycles. The van der Waals surface area contributed by atoms with E-state index in [-0.39, 0.29) is 6.10 Å². The number of aromatic nitrogens is 1. The van der Waals surface area contributed by atoms with E-state index in [2.05, 4.69) is 11.9 Å². The lowest BCUT2D eigenvalue weighted by Crippen LogP contribution is -2.11. The van der Waals surface area contributed by atoms with E-state index in [1.807, 2.05) is 12.1 Å². The van der Waals surface area contributed by atoms with E-state index in [9.17, 15) is 18.0 Å². The summed E-state index contributed by atoms with van der Waals surface area (Å²) >= 11 is 0. The molecule has 8 heteroatoms. The first-order valence-corrected chi connectivity index (χ1v) is 10.9. The zero-order chi connectivity index (χ0) is 24.7. The van der Waals surface area contributed by atoms with Gasteiger partial charge in [0.15, 0.2) is 6.61 Å². The number of halogens is 3. The van der Waals surface area contributed by atoms with E-state index in [0.717, 1.165) is 30.5 Å². The smallest absolute Gasteiger partial charge is 0.416 e. The highest BCUT2D eigenvalue weighted by molar-refractivity contribution is 5.68. The summed E-state index contributed by atoms with van der Waals surface area (Å²) in [6.45, 7) is 3.44. The van der Waals surface area contributed by atoms with Crippen molar-refractivity contribution in [3.05, 3.63) is 77.5 Å². The fraction of sp³-hybridized carbons (Fsp3) is 0.308. The van der Waals surface area contributed by atoms with Crippen molar-refractivity contribution in [1.29, 1.82) is 0 Å². The van der Waals surface area contributed by atoms with Gasteiger partial charge in [0, 0.05) is 5.56 Å². The minimum absolute atomic E-state index is 0.362. The first kappa shape index (κ1) is 25.1. The van der Waals surface area contributed by atoms with Gasteiger partial charge in [-0.1, -0.05) is 31.5 Å². The Kier molecular flexibility index (Phi) is 8.15. The van der Waals surface area contributed by atoms with Gasteiger partial charge < -0.3 is 14.6 Å². The number of hydrogen-bond donors (Lipinski definition) is 1. The SMILES string of the molecule is CCCC[C@@H](Oc1ccc(OCC(=O)O)c(C)c1)c1cccc(-c2ccc(C(F)(F)F)cc2)n1. The van der Waals surface area contributed by atoms with Crippen LogP contribution in [0.3, 0.4) is 0 Å². The summed E-state index contributed by atoms with van der Waals surface area (Å²) in [5, 5.41) is 8.79. The highest BCUT2D eigenvalue weighted by Gasteiger charge is 2.30. The molecule has 0 aliphatic rings. The van der Waals surface area contributed by atoms with Gasteiger partial charge in [-0.3, -0.25) is 0 Å². The average Bonchev–Trinajstić information content (AvgIpc) is 2.80. The van der Waals surface area contributed by atoms with Crippen LogP contribution in [0.15, 0.2) is 60.7 Å². The zero-order valence-corrected chi connectivity index (χ0v) is 18.9. The highest BCUT2D eigenvalue weighted by Crippen LogP contribution is 2.32. The average molecular weight is 473 g/mol. The fourth-order valence-electron chi connectivity index (χ4n) is 3.44. The molecule has 34 heavy (non-hydrogen) atoms. The monoisotopic (exact) mass is 473 g/mol. The normalized spacial score (nSPS) is 12.3. The number of rotatable bonds is 10. The number of pyridine rings is 1. The van der Waals surface area contributed by atoms with Crippen LogP contribution in [0.2, 0.25) is 0 Å². The van der Waals surface area contributed by atoms with Crippen LogP contribution in [-0.4, -0.2) is 22.7 Å². The highest BCUT2D eigenvalue weighted by atomic mass is 19.4. The molecule has 0 radical (unpaired) electrons. The second-order valence-corrected chi connectivity index (χ2v) is 7.88. The largest absolute Gasteiger partial charge is 0.484 e. The van der Waals surface area contributed by atoms with Crippen LogP contribution in [0.25, 0.3) is 11.3 Å². The Bertz CT molecular complexity index is 1110. The van der Waals surface area contributed by atoms with E-state index < -0.39 is 24.3 Å². The van der Waals surface area contributed by atoms with Crippen LogP contribution in [0, 0.1) is 6.92 Å². The van der Waals surface area contributed by atoms with Crippen molar-refractivity contribution >= 4 is 5.97 Å². The lowest BCUT2D eigenvalue weighted by molar-refractivity contribution is -0.139. The molecule has 5 nitrogen and oxygen atoms in total. The third-order valence-electron chi connectivity index (χ3n) is 5.20. The summed E-state index contributed by atoms with van der Waals surface area (Å²) in [5.41, 5.74) is 1.85. The molecule has 180 valence electrons. The fourth-order valence-corrected chi connectivity index (χ4v) is 3.44. The molecule has 3 aromatic rings. The topological polar surface area (TPSA) is 68.7 Å². The molecular weight excluding hydrogens is 447 g/mol. The second-order valence-electron chi connectivity index (χ2n) is 7.88. The van der Waals surface area contributed by atoms with E-state index in [1.165, 1.54) is 12.1 Å². The number of carboxylic acid groups (broad SMARTS) is 1. The number of aliphatic carboxylic acids is 1. The van der Waals surface area contributed by atoms with E-state index in [4.69, 9.17) is 14.6 Å². The van der Waals surface area contributed by atoms with Crippen LogP contribution in [-0.2, 0) is 11.0 Å². The molecule has 1 atom stereocenters. The predicted molar refractivity (Wildman–Crippen MR) is 122 cm³/mol. The number of unbranched alkanes of at least 4 members (excludes halogenated alkanes) is 1. The molecule has 2 aromatic carbocycles. The molecule has 0 amide bonds. The van der Waals surface area contributed by atoms with Gasteiger partial charge in [0.2, 0.25) is 0 Å². The summed E-state index contributed by atoms with van der Waals surface area (Å²) in [5.74, 6) is -0.0105. The van der Waals surface area contributed by atoms with Crippen LogP contribution >= 0.6 is 0 Å². The summed E-state index contributed by atoms with van der Waals surface area (Å²) < 4.78 is 50.1. The van der Waals surface area contributed by atoms with Crippen molar-refractivity contribution < 1.29 is 32.5 Å². The quantitative estimate of drug-likeness (QED) is 0.349. The van der Waals surface area contributed by atoms with Gasteiger partial charge in [0.05, 0.1) is 17.0 Å². The van der Waals surface area contributed by atoms with Gasteiger partial charge in [-0.2, -0.15) is 13.2 Å². The first-order valence-electron chi connectivity index (χ1n) is 10.9. The first-order chi connectivity index (χ1) is 16.2. The summed E-state index contributed by atoms with van der Waals surface area (Å²) in [4.78, 5) is 15.4. The predicted octanol–water partition coefficient (Wildman–Crippen LogP) is 6.85. The van der Waals surface area contributed by atoms with Crippen LogP contribution < -0.4 is 9.47 Å². The maximum absolute atomic E-state index is 12.9. The molecule has 3 rings (SSSR count). The third-order valence-corrected chi connectivity index (χ3v) is 5.20. The van der Waals surface area contributed by atoms with Gasteiger partial charge in [0.25, 0.3) is 0 Å². The van der Waals surface area contributed by atoms with E-state index in [1.54, 1.807) is 31.2 Å². The van der Waals surface area contributed by atoms with Crippen LogP contribution in [0.4, 0.5) is 13.2 Å². The Morgan fingerprint density at radius 1 is 1.09 bits per heavy atom. The molecule has 0 aliphatic heterocycles. The van der Waals surface area contributed by atoms with E-state index >= 15 is 0 Å². The summed E-state index contributed by atoms with van der Waals surface area (Å²) in [6.07, 6.45) is -2.19. The Balaban J connectivity index is 1.83. The molecule has 0 fully saturated rings. The Hall–Kier alpha value is -3.55. The van der Waals surface area contributed by atoms with Gasteiger partial charge in [-0.15, -0.1) is 0 Å². The number of benzene rings is 2. The molecular formula is C26H26F3NO4. The summed E-state index contributed by atoms with van der Waals surface area (Å²) in [6, 6.07) is 15.5. The number of alkyl halides is 3. The van der Waals surface area contributed by atoms with Crippen molar-refractivity contribution in [1.82, 2.24) is 4.98 Å². The maximum Gasteiger partial charge on any atom is 0.416 e. The Labute approximate surface area is 196 Å². The van der Waals surface area contributed by atoms with Gasteiger partial charge in [0.1, 0.15) is 17.6 Å². The molecule has 1 aromatic heterocycles. The number of aryl methyl sites for hydroxylation is 1. The lowest BCUT2D eigenvalue weighted by atomic mass is 10.1. The number of carbonyl (C=O) groups is 1.